The molecule has 27 N–H and O–H groups in total. The number of nitrogens with one attached hydrogen (secondary N) is 13. The number of carbonyl (C=O) groups is 15. The molecule has 1 saturated heterocycles. The number of likely N-dealkylation sites (tertiary alicyclic amines) is 1. The zero-order valence-electron chi connectivity index (χ0n) is 79.2. The summed E-state index contributed by atoms with van der Waals surface area (Å²) >= 11 is 0. The van der Waals surface area contributed by atoms with Crippen LogP contribution in [0.25, 0.3) is 5.57 Å². The summed E-state index contributed by atoms with van der Waals surface area (Å²) in [7, 11) is 1.41. The lowest BCUT2D eigenvalue weighted by molar-refractivity contribution is -0.142. The van der Waals surface area contributed by atoms with Crippen LogP contribution in [-0.4, -0.2) is 238 Å². The number of primary amides is 1. The van der Waals surface area contributed by atoms with Crippen LogP contribution in [0.4, 0.5) is 0 Å². The van der Waals surface area contributed by atoms with Gasteiger partial charge in [-0.2, -0.15) is 0 Å². The Morgan fingerprint density at radius 1 is 0.489 bits per heavy atom. The Bertz CT molecular complexity index is 4330. The number of hydrogen-bond donors (Lipinski definition) is 22. The molecule has 39 nitrogen and oxygen atoms in total. The molecule has 4 aromatic rings. The van der Waals surface area contributed by atoms with Crippen LogP contribution in [0.1, 0.15) is 230 Å². The van der Waals surface area contributed by atoms with Crippen molar-refractivity contribution in [2.45, 2.75) is 300 Å². The first-order valence-corrected chi connectivity index (χ1v) is 47.4. The first kappa shape index (κ1) is 115. The number of carboxylic acid groups (broad SMARTS) is 1. The van der Waals surface area contributed by atoms with Crippen molar-refractivity contribution in [2.75, 3.05) is 46.4 Å². The largest absolute Gasteiger partial charge is 0.508 e. The number of aliphatic carboxylic acids is 1. The molecule has 3 aromatic carbocycles. The summed E-state index contributed by atoms with van der Waals surface area (Å²) in [4.78, 5) is 206. The zero-order valence-corrected chi connectivity index (χ0v) is 79.2. The third-order valence-corrected chi connectivity index (χ3v) is 23.0. The van der Waals surface area contributed by atoms with Gasteiger partial charge in [0, 0.05) is 70.4 Å². The number of carboxylic acids is 1. The number of aromatic hydroxyl groups is 1. The van der Waals surface area contributed by atoms with Crippen LogP contribution in [-0.2, 0) is 91.2 Å². The van der Waals surface area contributed by atoms with Gasteiger partial charge in [0.2, 0.25) is 82.7 Å². The molecule has 135 heavy (non-hydrogen) atoms. The minimum atomic E-state index is -1.73. The average molecular weight is 1890 g/mol. The highest BCUT2D eigenvalue weighted by molar-refractivity contribution is 6.00. The minimum Gasteiger partial charge on any atom is -0.508 e. The first-order valence-electron chi connectivity index (χ1n) is 47.4. The number of pyridine rings is 1. The summed E-state index contributed by atoms with van der Waals surface area (Å²) in [6.45, 7) is 8.17. The molecular formula is C96H150N20O19. The number of rotatable bonds is 65. The van der Waals surface area contributed by atoms with E-state index in [0.717, 1.165) is 36.8 Å². The molecule has 1 fully saturated rings. The number of phenolic OH excluding ortho intramolecular Hbond substituents is 1. The molecule has 0 bridgehead atoms. The topological polar surface area (TPSA) is 640 Å². The molecule has 39 heteroatoms. The van der Waals surface area contributed by atoms with Gasteiger partial charge in [0.25, 0.3) is 0 Å². The van der Waals surface area contributed by atoms with Crippen molar-refractivity contribution in [2.24, 2.45) is 40.5 Å². The molecule has 748 valence electrons. The monoisotopic (exact) mass is 1890 g/mol. The van der Waals surface area contributed by atoms with Gasteiger partial charge in [0.05, 0.1) is 19.8 Å². The smallest absolute Gasteiger partial charge is 0.303 e. The number of nitrogens with zero attached hydrogens (tertiary/aromatic N) is 2. The summed E-state index contributed by atoms with van der Waals surface area (Å²) in [5.74, 6) is -11.9. The summed E-state index contributed by atoms with van der Waals surface area (Å²) < 4.78 is 0. The number of amides is 14. The van der Waals surface area contributed by atoms with Gasteiger partial charge >= 0.3 is 5.97 Å². The van der Waals surface area contributed by atoms with E-state index in [4.69, 9.17) is 28.7 Å². The second-order valence-electron chi connectivity index (χ2n) is 34.5. The van der Waals surface area contributed by atoms with Crippen molar-refractivity contribution in [1.29, 1.82) is 0 Å². The van der Waals surface area contributed by atoms with Crippen LogP contribution in [0.15, 0.2) is 116 Å². The van der Waals surface area contributed by atoms with Gasteiger partial charge in [-0.25, -0.2) is 0 Å². The van der Waals surface area contributed by atoms with Gasteiger partial charge in [-0.15, -0.1) is 0 Å². The fourth-order valence-corrected chi connectivity index (χ4v) is 15.2. The van der Waals surface area contributed by atoms with E-state index in [0.29, 0.717) is 87.6 Å². The van der Waals surface area contributed by atoms with E-state index in [9.17, 15) is 92.3 Å². The number of unbranched alkanes of at least 4 members (excludes halogenated alkanes) is 14. The van der Waals surface area contributed by atoms with Crippen LogP contribution >= 0.6 is 0 Å². The molecule has 12 atom stereocenters. The molecule has 1 unspecified atom stereocenters. The van der Waals surface area contributed by atoms with E-state index in [-0.39, 0.29) is 69.1 Å². The predicted molar refractivity (Wildman–Crippen MR) is 511 cm³/mol. The first-order chi connectivity index (χ1) is 64.7. The number of carbonyl (C=O) groups excluding carboxylic acids is 14. The molecular weight excluding hydrogens is 1740 g/mol. The van der Waals surface area contributed by atoms with E-state index in [2.05, 4.69) is 81.0 Å². The predicted octanol–water partition coefficient (Wildman–Crippen LogP) is 1.89. The fourth-order valence-electron chi connectivity index (χ4n) is 15.2. The van der Waals surface area contributed by atoms with Gasteiger partial charge in [-0.3, -0.25) is 82.2 Å². The molecule has 14 amide bonds. The van der Waals surface area contributed by atoms with Gasteiger partial charge in [0.1, 0.15) is 78.5 Å². The SMILES string of the molecule is CC(C)[C@H](NC(=O)C1CCCN1C(=O)[C@H](CCCCN)NC(=O)CNC(=O)[C@H](C/C(=C/N)c1ccccc1)NC(=O)[C@@H](C)CCCNC(N)N)C(N)=O.CCCCCCCCCCCCCCCC(=O)N[C@@H](CO)C(=O)N[C@@H](Cc1ccc(O)cc1)C(=O)N[C@@H](CO)C(=O)N[C@@H](CCCC)C(=O)N[C@@H](CCC(=O)O)C(=O)N[C@H](Cc1cccnc1)C(=O)N[C@H](Cc1ccccc1)C(=O)NC. The Balaban J connectivity index is 0.000000619. The molecule has 0 radical (unpaired) electrons. The second kappa shape index (κ2) is 65.6. The number of aliphatic hydroxyl groups excluding tert-OH is 2. The summed E-state index contributed by atoms with van der Waals surface area (Å²) in [6.07, 6.45) is 21.5. The third kappa shape index (κ3) is 45.2. The highest BCUT2D eigenvalue weighted by Gasteiger charge is 2.41. The number of aliphatic hydroxyl groups is 2. The molecule has 1 aromatic heterocycles. The zero-order chi connectivity index (χ0) is 99.6. The minimum absolute atomic E-state index is 0.0189. The maximum Gasteiger partial charge on any atom is 0.303 e. The van der Waals surface area contributed by atoms with Crippen molar-refractivity contribution in [1.82, 2.24) is 79.0 Å². The van der Waals surface area contributed by atoms with Crippen LogP contribution in [0.2, 0.25) is 0 Å². The van der Waals surface area contributed by atoms with Gasteiger partial charge in [-0.1, -0.05) is 203 Å². The molecule has 2 heterocycles. The van der Waals surface area contributed by atoms with Crippen LogP contribution < -0.4 is 97.8 Å². The fraction of sp³-hybridized carbons (Fsp3) is 0.583. The molecule has 1 aliphatic heterocycles. The maximum absolute atomic E-state index is 14.2. The lowest BCUT2D eigenvalue weighted by Crippen LogP contribution is -2.61. The summed E-state index contributed by atoms with van der Waals surface area (Å²) in [5, 5.41) is 74.3. The highest BCUT2D eigenvalue weighted by atomic mass is 16.4. The Labute approximate surface area is 792 Å². The van der Waals surface area contributed by atoms with E-state index >= 15 is 0 Å². The second-order valence-corrected chi connectivity index (χ2v) is 34.5. The average Bonchev–Trinajstić information content (AvgIpc) is 1.71. The van der Waals surface area contributed by atoms with E-state index < -0.39 is 194 Å². The van der Waals surface area contributed by atoms with Crippen molar-refractivity contribution in [3.8, 4) is 5.75 Å². The van der Waals surface area contributed by atoms with E-state index in [1.165, 1.54) is 106 Å². The summed E-state index contributed by atoms with van der Waals surface area (Å²) in [5.41, 5.74) is 31.2. The van der Waals surface area contributed by atoms with Gasteiger partial charge in [-0.05, 0) is 135 Å². The van der Waals surface area contributed by atoms with Gasteiger partial charge < -0.3 is 118 Å². The van der Waals surface area contributed by atoms with Crippen molar-refractivity contribution < 1.29 is 92.3 Å². The maximum atomic E-state index is 14.2. The lowest BCUT2D eigenvalue weighted by atomic mass is 9.97. The number of phenols is 1. The lowest BCUT2D eigenvalue weighted by Gasteiger charge is -2.30. The molecule has 0 aliphatic carbocycles. The third-order valence-electron chi connectivity index (χ3n) is 23.0. The van der Waals surface area contributed by atoms with Crippen molar-refractivity contribution >= 4 is 94.2 Å². The Morgan fingerprint density at radius 2 is 0.970 bits per heavy atom. The van der Waals surface area contributed by atoms with Crippen LogP contribution in [0.5, 0.6) is 5.75 Å². The van der Waals surface area contributed by atoms with Gasteiger partial charge in [0.15, 0.2) is 0 Å². The number of aromatic nitrogens is 1. The summed E-state index contributed by atoms with van der Waals surface area (Å²) in [6, 6.07) is 13.1. The molecule has 5 rings (SSSR count). The van der Waals surface area contributed by atoms with Crippen LogP contribution in [0, 0.1) is 11.8 Å². The van der Waals surface area contributed by atoms with E-state index in [1.54, 1.807) is 63.2 Å². The molecule has 0 saturated carbocycles. The van der Waals surface area contributed by atoms with Crippen molar-refractivity contribution in [3.05, 3.63) is 138 Å². The standard InChI is InChI=1S/C60H89N9O13.C36H61N11O6/c1-4-6-8-9-10-11-12-13-14-15-16-17-21-27-52(73)63-50(39-70)59(81)68-48(36-42-28-30-44(72)31-29-42)58(80)69-51(40-71)60(82)64-45(26-7-5-2)55(77)65-46(32-33-53(74)75)56(78)67-49(37-43-25-22-34-62-38-43)57(79)66-47(54(76)61-3)35-41-23-19-18-20-24-41;1-22(2)30(31(39)49)46-34(52)28-15-10-18-47(28)35(53)26(14-7-8-16-37)44-29(48)21-43-33(51)27(19-25(20-38)24-12-5-4-6-13-24)45-32(50)23(3)11-9-17-42-36(40)41/h18-20,22-25,28-31,34,38,45-51,70-72H,4-17,21,26-27,32-33,35-37,39-40H2,1-3H3,(H,61,76)(H,63,73)(H,64,82)(H,65,77)(H,66,79)(H,67,78)(H,68,81)(H,69,80)(H,74,75);4-6,12-13,20,22-23,26-28,30,36,42H,7-11,14-19,21,37-38,40-41H2,1-3H3,(H2,39,49)(H,43,51)(H,44,48)(H,45,50)(H,46,52)/b;25-20-/t45-,46-,47+,48-,49+,50-,51-;23-,26-,27-,28?,30-/m00/s1. The number of hydrogen-bond acceptors (Lipinski definition) is 24. The molecule has 0 spiro atoms. The number of benzene rings is 3. The quantitative estimate of drug-likeness (QED) is 0.0222. The number of likely N-dealkylation sites (N-methyl/N-ethyl adjacent to an activating group) is 1. The van der Waals surface area contributed by atoms with Crippen molar-refractivity contribution in [3.63, 3.8) is 0 Å². The Hall–Kier alpha value is -12.0. The highest BCUT2D eigenvalue weighted by Crippen LogP contribution is 2.24. The Morgan fingerprint density at radius 3 is 1.49 bits per heavy atom. The molecule has 1 aliphatic rings. The normalized spacial score (nSPS) is 14.8. The van der Waals surface area contributed by atoms with E-state index in [1.807, 2.05) is 37.3 Å². The van der Waals surface area contributed by atoms with Crippen LogP contribution in [0.3, 0.4) is 0 Å². The number of nitrogens with two attached hydrogens (primary N) is 5. The Kier molecular flexibility index (Phi) is 56.0.